The van der Waals surface area contributed by atoms with Crippen molar-refractivity contribution in [1.82, 2.24) is 14.7 Å². The number of benzene rings is 1. The summed E-state index contributed by atoms with van der Waals surface area (Å²) in [6.45, 7) is 9.91. The van der Waals surface area contributed by atoms with Crippen molar-refractivity contribution in [2.45, 2.75) is 64.5 Å². The van der Waals surface area contributed by atoms with Crippen LogP contribution in [0, 0.1) is 5.92 Å². The maximum absolute atomic E-state index is 13.1. The zero-order valence-corrected chi connectivity index (χ0v) is 17.8. The van der Waals surface area contributed by atoms with Crippen LogP contribution in [0.1, 0.15) is 63.1 Å². The molecule has 1 unspecified atom stereocenters. The third-order valence-electron chi connectivity index (χ3n) is 7.27. The van der Waals surface area contributed by atoms with E-state index in [9.17, 15) is 4.79 Å². The molecule has 1 aromatic carbocycles. The second-order valence-electron chi connectivity index (χ2n) is 9.27. The molecule has 0 radical (unpaired) electrons. The third kappa shape index (κ3) is 4.28. The normalized spacial score (nSPS) is 25.1. The van der Waals surface area contributed by atoms with Crippen LogP contribution in [0.2, 0.25) is 0 Å². The summed E-state index contributed by atoms with van der Waals surface area (Å²) in [6.07, 6.45) is 7.79. The lowest BCUT2D eigenvalue weighted by molar-refractivity contribution is -0.135. The molecule has 4 rings (SSSR count). The first kappa shape index (κ1) is 19.9. The highest BCUT2D eigenvalue weighted by molar-refractivity contribution is 5.78. The van der Waals surface area contributed by atoms with E-state index in [1.165, 1.54) is 43.2 Å². The lowest BCUT2D eigenvalue weighted by Crippen LogP contribution is -2.53. The van der Waals surface area contributed by atoms with Crippen molar-refractivity contribution >= 4 is 5.91 Å². The van der Waals surface area contributed by atoms with Crippen LogP contribution in [0.3, 0.4) is 0 Å². The monoisotopic (exact) mass is 383 g/mol. The molecule has 3 aliphatic rings. The van der Waals surface area contributed by atoms with Crippen LogP contribution in [-0.4, -0.2) is 65.9 Å². The lowest BCUT2D eigenvalue weighted by atomic mass is 9.77. The van der Waals surface area contributed by atoms with Gasteiger partial charge in [-0.2, -0.15) is 0 Å². The van der Waals surface area contributed by atoms with E-state index in [1.54, 1.807) is 0 Å². The molecule has 4 nitrogen and oxygen atoms in total. The summed E-state index contributed by atoms with van der Waals surface area (Å²) in [7, 11) is 0. The molecule has 2 heterocycles. The molecule has 1 saturated carbocycles. The fourth-order valence-corrected chi connectivity index (χ4v) is 5.59. The molecule has 154 valence electrons. The summed E-state index contributed by atoms with van der Waals surface area (Å²) in [4.78, 5) is 20.3. The van der Waals surface area contributed by atoms with Gasteiger partial charge in [0.15, 0.2) is 0 Å². The van der Waals surface area contributed by atoms with Crippen molar-refractivity contribution in [2.75, 3.05) is 39.3 Å². The van der Waals surface area contributed by atoms with E-state index in [-0.39, 0.29) is 0 Å². The van der Waals surface area contributed by atoms with E-state index in [4.69, 9.17) is 0 Å². The minimum absolute atomic E-state index is 0.337. The second-order valence-corrected chi connectivity index (χ2v) is 9.27. The van der Waals surface area contributed by atoms with E-state index in [0.29, 0.717) is 30.5 Å². The molecule has 0 spiro atoms. The number of hydrogen-bond acceptors (Lipinski definition) is 3. The molecule has 28 heavy (non-hydrogen) atoms. The van der Waals surface area contributed by atoms with Crippen LogP contribution in [-0.2, 0) is 11.2 Å². The predicted molar refractivity (Wildman–Crippen MR) is 114 cm³/mol. The van der Waals surface area contributed by atoms with Crippen molar-refractivity contribution < 1.29 is 4.79 Å². The molecule has 1 saturated heterocycles. The van der Waals surface area contributed by atoms with Crippen molar-refractivity contribution in [3.05, 3.63) is 35.4 Å². The number of rotatable bonds is 4. The summed E-state index contributed by atoms with van der Waals surface area (Å²) < 4.78 is 0. The zero-order chi connectivity index (χ0) is 19.5. The fraction of sp³-hybridized carbons (Fsp3) is 0.708. The number of carbonyl (C=O) groups excluding carboxylic acids is 1. The number of carbonyl (C=O) groups is 1. The van der Waals surface area contributed by atoms with Crippen molar-refractivity contribution in [3.63, 3.8) is 0 Å². The average Bonchev–Trinajstić information content (AvgIpc) is 2.74. The predicted octanol–water partition coefficient (Wildman–Crippen LogP) is 3.72. The van der Waals surface area contributed by atoms with Crippen LogP contribution in [0.4, 0.5) is 0 Å². The topological polar surface area (TPSA) is 26.8 Å². The Morgan fingerprint density at radius 2 is 1.71 bits per heavy atom. The van der Waals surface area contributed by atoms with Gasteiger partial charge < -0.3 is 4.90 Å². The molecule has 1 aromatic rings. The first-order chi connectivity index (χ1) is 13.6. The maximum atomic E-state index is 13.1. The minimum atomic E-state index is 0.337. The fourth-order valence-electron chi connectivity index (χ4n) is 5.59. The van der Waals surface area contributed by atoms with Crippen molar-refractivity contribution in [3.8, 4) is 0 Å². The average molecular weight is 384 g/mol. The molecule has 0 aromatic heterocycles. The standard InChI is InChI=1S/C24H37N3O/c1-19(2)25-14-16-26(17-15-25)23(28)18-27-13-12-20-8-6-7-11-22(20)24(27)21-9-4-3-5-10-21/h6-8,11,19,21,24H,3-5,9-10,12-18H2,1-2H3. The quantitative estimate of drug-likeness (QED) is 0.793. The molecule has 0 N–H and O–H groups in total. The van der Waals surface area contributed by atoms with Crippen LogP contribution in [0.5, 0.6) is 0 Å². The van der Waals surface area contributed by atoms with Gasteiger partial charge in [0.1, 0.15) is 0 Å². The summed E-state index contributed by atoms with van der Waals surface area (Å²) in [5.41, 5.74) is 3.00. The molecule has 1 aliphatic carbocycles. The Balaban J connectivity index is 1.46. The van der Waals surface area contributed by atoms with E-state index >= 15 is 0 Å². The Bertz CT molecular complexity index is 660. The molecule has 0 bridgehead atoms. The van der Waals surface area contributed by atoms with Gasteiger partial charge in [-0.15, -0.1) is 0 Å². The van der Waals surface area contributed by atoms with Gasteiger partial charge >= 0.3 is 0 Å². The van der Waals surface area contributed by atoms with Gasteiger partial charge in [0.05, 0.1) is 6.54 Å². The molecule has 4 heteroatoms. The van der Waals surface area contributed by atoms with Gasteiger partial charge in [-0.1, -0.05) is 43.5 Å². The second kappa shape index (κ2) is 8.96. The van der Waals surface area contributed by atoms with Crippen LogP contribution in [0.15, 0.2) is 24.3 Å². The van der Waals surface area contributed by atoms with E-state index in [0.717, 1.165) is 39.1 Å². The molecule has 2 fully saturated rings. The van der Waals surface area contributed by atoms with Crippen molar-refractivity contribution in [1.29, 1.82) is 0 Å². The van der Waals surface area contributed by atoms with E-state index < -0.39 is 0 Å². The van der Waals surface area contributed by atoms with Gasteiger partial charge in [0.2, 0.25) is 5.91 Å². The van der Waals surface area contributed by atoms with Gasteiger partial charge in [0, 0.05) is 44.8 Å². The smallest absolute Gasteiger partial charge is 0.236 e. The number of fused-ring (bicyclic) bond motifs is 1. The third-order valence-corrected chi connectivity index (χ3v) is 7.27. The number of nitrogens with zero attached hydrogens (tertiary/aromatic N) is 3. The summed E-state index contributed by atoms with van der Waals surface area (Å²) in [6, 6.07) is 10.00. The van der Waals surface area contributed by atoms with Gasteiger partial charge in [-0.25, -0.2) is 0 Å². The minimum Gasteiger partial charge on any atom is -0.339 e. The SMILES string of the molecule is CC(C)N1CCN(C(=O)CN2CCc3ccccc3C2C2CCCCC2)CC1. The molecular formula is C24H37N3O. The summed E-state index contributed by atoms with van der Waals surface area (Å²) >= 11 is 0. The van der Waals surface area contributed by atoms with Crippen LogP contribution in [0.25, 0.3) is 0 Å². The zero-order valence-electron chi connectivity index (χ0n) is 17.8. The largest absolute Gasteiger partial charge is 0.339 e. The maximum Gasteiger partial charge on any atom is 0.236 e. The van der Waals surface area contributed by atoms with Crippen molar-refractivity contribution in [2.24, 2.45) is 5.92 Å². The molecular weight excluding hydrogens is 346 g/mol. The van der Waals surface area contributed by atoms with Crippen LogP contribution >= 0.6 is 0 Å². The molecule has 2 aliphatic heterocycles. The van der Waals surface area contributed by atoms with E-state index in [1.807, 2.05) is 0 Å². The lowest BCUT2D eigenvalue weighted by Gasteiger charge is -2.44. The first-order valence-corrected chi connectivity index (χ1v) is 11.5. The van der Waals surface area contributed by atoms with Crippen LogP contribution < -0.4 is 0 Å². The first-order valence-electron chi connectivity index (χ1n) is 11.5. The Kier molecular flexibility index (Phi) is 6.37. The highest BCUT2D eigenvalue weighted by atomic mass is 16.2. The molecule has 1 atom stereocenters. The highest BCUT2D eigenvalue weighted by Gasteiger charge is 2.36. The number of hydrogen-bond donors (Lipinski definition) is 0. The van der Waals surface area contributed by atoms with E-state index in [2.05, 4.69) is 52.8 Å². The van der Waals surface area contributed by atoms with Gasteiger partial charge in [-0.05, 0) is 50.2 Å². The Morgan fingerprint density at radius 3 is 2.43 bits per heavy atom. The Labute approximate surface area is 170 Å². The number of amides is 1. The Morgan fingerprint density at radius 1 is 1.00 bits per heavy atom. The highest BCUT2D eigenvalue weighted by Crippen LogP contribution is 2.41. The number of piperazine rings is 1. The molecule has 1 amide bonds. The summed E-state index contributed by atoms with van der Waals surface area (Å²) in [5, 5.41) is 0. The van der Waals surface area contributed by atoms with Gasteiger partial charge in [0.25, 0.3) is 0 Å². The van der Waals surface area contributed by atoms with Gasteiger partial charge in [-0.3, -0.25) is 14.6 Å². The Hall–Kier alpha value is -1.39. The summed E-state index contributed by atoms with van der Waals surface area (Å²) in [5.74, 6) is 1.05.